The molecule has 1 rings (SSSR count). The Morgan fingerprint density at radius 1 is 1.62 bits per heavy atom. The van der Waals surface area contributed by atoms with E-state index in [9.17, 15) is 5.11 Å². The van der Waals surface area contributed by atoms with Gasteiger partial charge in [-0.1, -0.05) is 0 Å². The topological polar surface area (TPSA) is 55.5 Å². The van der Waals surface area contributed by atoms with E-state index >= 15 is 0 Å². The summed E-state index contributed by atoms with van der Waals surface area (Å²) < 4.78 is 0. The lowest BCUT2D eigenvalue weighted by atomic mass is 9.81. The summed E-state index contributed by atoms with van der Waals surface area (Å²) in [6.07, 6.45) is 2.77. The van der Waals surface area contributed by atoms with Crippen molar-refractivity contribution in [3.8, 4) is 0 Å². The lowest BCUT2D eigenvalue weighted by Crippen LogP contribution is -2.42. The largest absolute Gasteiger partial charge is 0.387 e. The fraction of sp³-hybridized carbons (Fsp3) is 1.00. The van der Waals surface area contributed by atoms with Gasteiger partial charge in [-0.3, -0.25) is 0 Å². The molecule has 3 N–H and O–H groups in total. The standard InChI is InChI=1S/C5H11NO2/c6-8-4-5(7)2-1-3-5/h7H,1-4,6H2. The van der Waals surface area contributed by atoms with Crippen LogP contribution in [0, 0.1) is 0 Å². The molecule has 1 fully saturated rings. The number of hydrogen-bond donors (Lipinski definition) is 2. The van der Waals surface area contributed by atoms with Crippen molar-refractivity contribution in [1.29, 1.82) is 0 Å². The van der Waals surface area contributed by atoms with E-state index in [4.69, 9.17) is 5.90 Å². The molecule has 0 heterocycles. The highest BCUT2D eigenvalue weighted by Gasteiger charge is 2.34. The van der Waals surface area contributed by atoms with Gasteiger partial charge in [-0.2, -0.15) is 0 Å². The third kappa shape index (κ3) is 0.992. The van der Waals surface area contributed by atoms with E-state index in [0.717, 1.165) is 19.3 Å². The van der Waals surface area contributed by atoms with Crippen LogP contribution in [0.2, 0.25) is 0 Å². The van der Waals surface area contributed by atoms with Crippen molar-refractivity contribution in [2.75, 3.05) is 6.61 Å². The predicted molar refractivity (Wildman–Crippen MR) is 28.9 cm³/mol. The van der Waals surface area contributed by atoms with Gasteiger partial charge in [0.05, 0.1) is 12.2 Å². The van der Waals surface area contributed by atoms with Crippen LogP contribution >= 0.6 is 0 Å². The molecule has 0 bridgehead atoms. The average Bonchev–Trinajstić information content (AvgIpc) is 1.64. The van der Waals surface area contributed by atoms with Crippen LogP contribution in [0.1, 0.15) is 19.3 Å². The van der Waals surface area contributed by atoms with E-state index in [1.54, 1.807) is 0 Å². The Morgan fingerprint density at radius 2 is 2.25 bits per heavy atom. The first-order valence-corrected chi connectivity index (χ1v) is 2.81. The second-order valence-electron chi connectivity index (χ2n) is 2.39. The molecule has 3 heteroatoms. The summed E-state index contributed by atoms with van der Waals surface area (Å²) in [7, 11) is 0. The van der Waals surface area contributed by atoms with Gasteiger partial charge in [-0.25, -0.2) is 5.90 Å². The second kappa shape index (κ2) is 2.01. The van der Waals surface area contributed by atoms with E-state index in [-0.39, 0.29) is 6.61 Å². The van der Waals surface area contributed by atoms with E-state index in [0.29, 0.717) is 0 Å². The fourth-order valence-corrected chi connectivity index (χ4v) is 0.884. The molecule has 0 unspecified atom stereocenters. The molecule has 0 aromatic heterocycles. The monoisotopic (exact) mass is 117 g/mol. The maximum absolute atomic E-state index is 9.20. The Labute approximate surface area is 48.4 Å². The van der Waals surface area contributed by atoms with Crippen molar-refractivity contribution in [2.24, 2.45) is 5.90 Å². The highest BCUT2D eigenvalue weighted by atomic mass is 16.6. The second-order valence-corrected chi connectivity index (χ2v) is 2.39. The van der Waals surface area contributed by atoms with Crippen molar-refractivity contribution in [1.82, 2.24) is 0 Å². The minimum absolute atomic E-state index is 0.285. The van der Waals surface area contributed by atoms with E-state index < -0.39 is 5.60 Å². The Bertz CT molecular complexity index is 80.5. The van der Waals surface area contributed by atoms with Crippen LogP contribution in [0.4, 0.5) is 0 Å². The Balaban J connectivity index is 2.20. The van der Waals surface area contributed by atoms with Crippen molar-refractivity contribution in [2.45, 2.75) is 24.9 Å². The van der Waals surface area contributed by atoms with Gasteiger partial charge < -0.3 is 9.94 Å². The quantitative estimate of drug-likeness (QED) is 0.492. The van der Waals surface area contributed by atoms with Crippen LogP contribution in [0.25, 0.3) is 0 Å². The van der Waals surface area contributed by atoms with Gasteiger partial charge in [0, 0.05) is 0 Å². The lowest BCUT2D eigenvalue weighted by Gasteiger charge is -2.35. The molecule has 3 nitrogen and oxygen atoms in total. The maximum atomic E-state index is 9.20. The summed E-state index contributed by atoms with van der Waals surface area (Å²) in [6, 6.07) is 0. The Morgan fingerprint density at radius 3 is 2.38 bits per heavy atom. The molecular weight excluding hydrogens is 106 g/mol. The van der Waals surface area contributed by atoms with E-state index in [2.05, 4.69) is 4.84 Å². The van der Waals surface area contributed by atoms with Crippen LogP contribution in [0.15, 0.2) is 0 Å². The summed E-state index contributed by atoms with van der Waals surface area (Å²) in [4.78, 5) is 4.30. The molecule has 0 aromatic rings. The molecule has 0 aromatic carbocycles. The average molecular weight is 117 g/mol. The molecule has 0 aliphatic heterocycles. The summed E-state index contributed by atoms with van der Waals surface area (Å²) in [6.45, 7) is 0.285. The van der Waals surface area contributed by atoms with Crippen LogP contribution in [0.3, 0.4) is 0 Å². The van der Waals surface area contributed by atoms with Crippen molar-refractivity contribution >= 4 is 0 Å². The molecule has 1 saturated carbocycles. The highest BCUT2D eigenvalue weighted by molar-refractivity contribution is 4.86. The zero-order valence-electron chi connectivity index (χ0n) is 4.76. The van der Waals surface area contributed by atoms with Crippen LogP contribution in [-0.4, -0.2) is 17.3 Å². The molecule has 0 saturated heterocycles. The molecule has 0 amide bonds. The van der Waals surface area contributed by atoms with Gasteiger partial charge in [0.2, 0.25) is 0 Å². The van der Waals surface area contributed by atoms with Gasteiger partial charge in [0.15, 0.2) is 0 Å². The van der Waals surface area contributed by atoms with Crippen LogP contribution in [0.5, 0.6) is 0 Å². The zero-order valence-corrected chi connectivity index (χ0v) is 4.76. The smallest absolute Gasteiger partial charge is 0.0966 e. The summed E-state index contributed by atoms with van der Waals surface area (Å²) in [5.74, 6) is 4.76. The van der Waals surface area contributed by atoms with Crippen molar-refractivity contribution in [3.05, 3.63) is 0 Å². The van der Waals surface area contributed by atoms with Gasteiger partial charge >= 0.3 is 0 Å². The molecule has 8 heavy (non-hydrogen) atoms. The Hall–Kier alpha value is -0.120. The lowest BCUT2D eigenvalue weighted by molar-refractivity contribution is -0.0967. The molecule has 0 radical (unpaired) electrons. The van der Waals surface area contributed by atoms with Gasteiger partial charge in [-0.05, 0) is 19.3 Å². The zero-order chi connectivity index (χ0) is 6.04. The first-order valence-electron chi connectivity index (χ1n) is 2.81. The normalized spacial score (nSPS) is 24.8. The van der Waals surface area contributed by atoms with Crippen molar-refractivity contribution in [3.63, 3.8) is 0 Å². The first-order chi connectivity index (χ1) is 3.77. The summed E-state index contributed by atoms with van der Waals surface area (Å²) in [5.41, 5.74) is -0.575. The molecule has 1 aliphatic rings. The van der Waals surface area contributed by atoms with Gasteiger partial charge in [-0.15, -0.1) is 0 Å². The minimum atomic E-state index is -0.575. The maximum Gasteiger partial charge on any atom is 0.0966 e. The van der Waals surface area contributed by atoms with Crippen LogP contribution in [-0.2, 0) is 4.84 Å². The van der Waals surface area contributed by atoms with Gasteiger partial charge in [0.25, 0.3) is 0 Å². The summed E-state index contributed by atoms with van der Waals surface area (Å²) in [5, 5.41) is 9.20. The van der Waals surface area contributed by atoms with Crippen LogP contribution < -0.4 is 5.90 Å². The minimum Gasteiger partial charge on any atom is -0.387 e. The third-order valence-corrected chi connectivity index (χ3v) is 1.64. The van der Waals surface area contributed by atoms with E-state index in [1.165, 1.54) is 0 Å². The van der Waals surface area contributed by atoms with E-state index in [1.807, 2.05) is 0 Å². The molecular formula is C5H11NO2. The molecule has 0 atom stereocenters. The predicted octanol–water partition coefficient (Wildman–Crippen LogP) is -0.208. The van der Waals surface area contributed by atoms with Gasteiger partial charge in [0.1, 0.15) is 0 Å². The van der Waals surface area contributed by atoms with Crippen molar-refractivity contribution < 1.29 is 9.94 Å². The molecule has 1 aliphatic carbocycles. The Kier molecular flexibility index (Phi) is 1.51. The molecule has 0 spiro atoms. The number of aliphatic hydroxyl groups is 1. The number of nitrogens with two attached hydrogens (primary N) is 1. The SMILES string of the molecule is NOCC1(O)CCC1. The third-order valence-electron chi connectivity index (χ3n) is 1.64. The number of hydrogen-bond acceptors (Lipinski definition) is 3. The fourth-order valence-electron chi connectivity index (χ4n) is 0.884. The number of rotatable bonds is 2. The summed E-state index contributed by atoms with van der Waals surface area (Å²) >= 11 is 0. The molecule has 48 valence electrons. The first kappa shape index (κ1) is 6.01. The highest BCUT2D eigenvalue weighted by Crippen LogP contribution is 2.30.